The molecule has 3 aromatic rings. The number of nitrogens with zero attached hydrogens (tertiary/aromatic N) is 1. The largest absolute Gasteiger partial charge is 0.494 e. The first-order valence-corrected chi connectivity index (χ1v) is 11.6. The number of methoxy groups -OCH3 is 1. The summed E-state index contributed by atoms with van der Waals surface area (Å²) in [6, 6.07) is 18.5. The molecule has 0 radical (unpaired) electrons. The highest BCUT2D eigenvalue weighted by atomic mass is 79.9. The van der Waals surface area contributed by atoms with E-state index < -0.39 is 11.9 Å². The lowest BCUT2D eigenvalue weighted by molar-refractivity contribution is -0.112. The van der Waals surface area contributed by atoms with Crippen molar-refractivity contribution in [1.29, 1.82) is 5.26 Å². The molecule has 0 saturated heterocycles. The number of amides is 1. The van der Waals surface area contributed by atoms with Crippen molar-refractivity contribution in [3.8, 4) is 23.3 Å². The third kappa shape index (κ3) is 6.87. The van der Waals surface area contributed by atoms with Gasteiger partial charge >= 0.3 is 5.97 Å². The number of aromatic carboxylic acids is 1. The quantitative estimate of drug-likeness (QED) is 0.246. The molecule has 0 aliphatic heterocycles. The number of carbonyl (C=O) groups excluding carboxylic acids is 1. The fourth-order valence-electron chi connectivity index (χ4n) is 3.18. The van der Waals surface area contributed by atoms with Crippen molar-refractivity contribution in [3.63, 3.8) is 0 Å². The molecule has 3 rings (SSSR count). The van der Waals surface area contributed by atoms with Crippen molar-refractivity contribution in [2.24, 2.45) is 0 Å². The van der Waals surface area contributed by atoms with E-state index in [4.69, 9.17) is 19.3 Å². The lowest BCUT2D eigenvalue weighted by Gasteiger charge is -2.14. The molecule has 0 aliphatic carbocycles. The van der Waals surface area contributed by atoms with E-state index in [1.54, 1.807) is 48.5 Å². The van der Waals surface area contributed by atoms with Gasteiger partial charge < -0.3 is 24.6 Å². The number of halogens is 1. The number of anilines is 1. The summed E-state index contributed by atoms with van der Waals surface area (Å²) in [5, 5.41) is 21.3. The zero-order valence-corrected chi connectivity index (χ0v) is 21.2. The van der Waals surface area contributed by atoms with Crippen molar-refractivity contribution < 1.29 is 28.9 Å². The zero-order chi connectivity index (χ0) is 26.1. The summed E-state index contributed by atoms with van der Waals surface area (Å²) >= 11 is 3.46. The zero-order valence-electron chi connectivity index (χ0n) is 19.6. The van der Waals surface area contributed by atoms with Crippen molar-refractivity contribution in [1.82, 2.24) is 0 Å². The maximum atomic E-state index is 12.7. The minimum absolute atomic E-state index is 0.0926. The molecule has 9 heteroatoms. The summed E-state index contributed by atoms with van der Waals surface area (Å²) < 4.78 is 17.3. The molecule has 0 spiro atoms. The molecule has 0 fully saturated rings. The summed E-state index contributed by atoms with van der Waals surface area (Å²) in [4.78, 5) is 23.7. The third-order valence-electron chi connectivity index (χ3n) is 4.94. The average Bonchev–Trinajstić information content (AvgIpc) is 2.87. The van der Waals surface area contributed by atoms with Crippen LogP contribution in [-0.4, -0.2) is 30.7 Å². The van der Waals surface area contributed by atoms with E-state index in [2.05, 4.69) is 21.2 Å². The predicted octanol–water partition coefficient (Wildman–Crippen LogP) is 5.68. The van der Waals surface area contributed by atoms with E-state index in [9.17, 15) is 14.9 Å². The van der Waals surface area contributed by atoms with Crippen molar-refractivity contribution in [2.45, 2.75) is 13.5 Å². The minimum atomic E-state index is -1.000. The molecule has 0 aromatic heterocycles. The van der Waals surface area contributed by atoms with E-state index in [0.29, 0.717) is 39.6 Å². The van der Waals surface area contributed by atoms with Crippen LogP contribution in [0.25, 0.3) is 6.08 Å². The Kier molecular flexibility index (Phi) is 9.08. The van der Waals surface area contributed by atoms with Crippen LogP contribution in [-0.2, 0) is 11.4 Å². The number of carboxylic acid groups (broad SMARTS) is 1. The summed E-state index contributed by atoms with van der Waals surface area (Å²) in [7, 11) is 1.48. The highest BCUT2D eigenvalue weighted by molar-refractivity contribution is 9.10. The number of benzene rings is 3. The van der Waals surface area contributed by atoms with Gasteiger partial charge in [-0.2, -0.15) is 5.26 Å². The van der Waals surface area contributed by atoms with Gasteiger partial charge in [0.15, 0.2) is 11.5 Å². The number of nitrogens with one attached hydrogen (secondary N) is 1. The van der Waals surface area contributed by atoms with Gasteiger partial charge in [-0.15, -0.1) is 0 Å². The number of nitriles is 1. The standard InChI is InChI=1S/C27H23BrN2O6/c1-3-35-22-10-8-21(9-11-22)30-26(31)20(15-29)12-18-13-23(28)25(24(14-18)34-2)36-16-17-4-6-19(7-5-17)27(32)33/h4-14H,3,16H2,1-2H3,(H,30,31)(H,32,33)/b20-12-. The monoisotopic (exact) mass is 550 g/mol. The molecule has 0 atom stereocenters. The molecule has 2 N–H and O–H groups in total. The Hall–Kier alpha value is -4.29. The molecule has 0 saturated carbocycles. The number of rotatable bonds is 10. The number of ether oxygens (including phenoxy) is 3. The van der Waals surface area contributed by atoms with Crippen LogP contribution in [0.15, 0.2) is 70.7 Å². The molecule has 0 aliphatic rings. The van der Waals surface area contributed by atoms with Gasteiger partial charge in [-0.1, -0.05) is 12.1 Å². The highest BCUT2D eigenvalue weighted by Gasteiger charge is 2.15. The van der Waals surface area contributed by atoms with Crippen LogP contribution >= 0.6 is 15.9 Å². The first kappa shape index (κ1) is 26.3. The van der Waals surface area contributed by atoms with Gasteiger partial charge in [0.1, 0.15) is 24.0 Å². The van der Waals surface area contributed by atoms with Crippen molar-refractivity contribution >= 4 is 39.6 Å². The van der Waals surface area contributed by atoms with E-state index in [1.165, 1.54) is 25.3 Å². The summed E-state index contributed by atoms with van der Waals surface area (Å²) in [6.07, 6.45) is 1.45. The molecular weight excluding hydrogens is 528 g/mol. The Labute approximate surface area is 216 Å². The number of carboxylic acids is 1. The van der Waals surface area contributed by atoms with Crippen LogP contribution in [0.2, 0.25) is 0 Å². The Morgan fingerprint density at radius 2 is 1.78 bits per heavy atom. The van der Waals surface area contributed by atoms with Gasteiger partial charge in [0, 0.05) is 5.69 Å². The molecular formula is C27H23BrN2O6. The van der Waals surface area contributed by atoms with Crippen LogP contribution in [0.5, 0.6) is 17.2 Å². The average molecular weight is 551 g/mol. The van der Waals surface area contributed by atoms with E-state index in [1.807, 2.05) is 13.0 Å². The van der Waals surface area contributed by atoms with Crippen LogP contribution in [0.1, 0.15) is 28.4 Å². The Bertz CT molecular complexity index is 1310. The Morgan fingerprint density at radius 1 is 1.08 bits per heavy atom. The normalized spacial score (nSPS) is 10.8. The molecule has 8 nitrogen and oxygen atoms in total. The van der Waals surface area contributed by atoms with E-state index >= 15 is 0 Å². The van der Waals surface area contributed by atoms with Gasteiger partial charge in [0.05, 0.1) is 23.8 Å². The Morgan fingerprint density at radius 3 is 2.36 bits per heavy atom. The minimum Gasteiger partial charge on any atom is -0.494 e. The molecule has 0 bridgehead atoms. The number of hydrogen-bond acceptors (Lipinski definition) is 6. The molecule has 0 heterocycles. The van der Waals surface area contributed by atoms with Crippen molar-refractivity contribution in [2.75, 3.05) is 19.0 Å². The molecule has 1 amide bonds. The van der Waals surface area contributed by atoms with Crippen LogP contribution in [0.4, 0.5) is 5.69 Å². The molecule has 36 heavy (non-hydrogen) atoms. The van der Waals surface area contributed by atoms with Gasteiger partial charge in [0.25, 0.3) is 5.91 Å². The topological polar surface area (TPSA) is 118 Å². The first-order valence-electron chi connectivity index (χ1n) is 10.8. The molecule has 3 aromatic carbocycles. The maximum Gasteiger partial charge on any atom is 0.335 e. The number of carbonyl (C=O) groups is 2. The lowest BCUT2D eigenvalue weighted by Crippen LogP contribution is -2.13. The fraction of sp³-hybridized carbons (Fsp3) is 0.148. The van der Waals surface area contributed by atoms with E-state index in [0.717, 1.165) is 5.56 Å². The predicted molar refractivity (Wildman–Crippen MR) is 138 cm³/mol. The first-order chi connectivity index (χ1) is 17.3. The molecule has 0 unspecified atom stereocenters. The smallest absolute Gasteiger partial charge is 0.335 e. The van der Waals surface area contributed by atoms with Crippen LogP contribution in [0.3, 0.4) is 0 Å². The van der Waals surface area contributed by atoms with Crippen LogP contribution < -0.4 is 19.5 Å². The second-order valence-electron chi connectivity index (χ2n) is 7.41. The van der Waals surface area contributed by atoms with Crippen molar-refractivity contribution in [3.05, 3.63) is 87.4 Å². The Balaban J connectivity index is 1.75. The lowest BCUT2D eigenvalue weighted by atomic mass is 10.1. The van der Waals surface area contributed by atoms with Gasteiger partial charge in [-0.25, -0.2) is 4.79 Å². The molecule has 184 valence electrons. The second-order valence-corrected chi connectivity index (χ2v) is 8.26. The van der Waals surface area contributed by atoms with E-state index in [-0.39, 0.29) is 17.7 Å². The van der Waals surface area contributed by atoms with Gasteiger partial charge in [-0.3, -0.25) is 4.79 Å². The second kappa shape index (κ2) is 12.4. The van der Waals surface area contributed by atoms with Gasteiger partial charge in [0.2, 0.25) is 0 Å². The van der Waals surface area contributed by atoms with Gasteiger partial charge in [-0.05, 0) is 88.6 Å². The fourth-order valence-corrected chi connectivity index (χ4v) is 3.75. The maximum absolute atomic E-state index is 12.7. The highest BCUT2D eigenvalue weighted by Crippen LogP contribution is 2.38. The summed E-state index contributed by atoms with van der Waals surface area (Å²) in [6.45, 7) is 2.60. The summed E-state index contributed by atoms with van der Waals surface area (Å²) in [5.41, 5.74) is 1.95. The number of hydrogen-bond donors (Lipinski definition) is 2. The SMILES string of the molecule is CCOc1ccc(NC(=O)/C(C#N)=C\c2cc(Br)c(OCc3ccc(C(=O)O)cc3)c(OC)c2)cc1. The summed E-state index contributed by atoms with van der Waals surface area (Å²) in [5.74, 6) is -0.0540. The van der Waals surface area contributed by atoms with Crippen LogP contribution in [0, 0.1) is 11.3 Å². The third-order valence-corrected chi connectivity index (χ3v) is 5.52.